The van der Waals surface area contributed by atoms with Gasteiger partial charge in [0, 0.05) is 17.5 Å². The molecule has 5 nitrogen and oxygen atoms in total. The molecule has 6 heteroatoms. The number of fused-ring (bicyclic) bond motifs is 3. The molecule has 3 heterocycles. The van der Waals surface area contributed by atoms with Gasteiger partial charge in [-0.05, 0) is 56.9 Å². The van der Waals surface area contributed by atoms with Crippen LogP contribution < -0.4 is 4.74 Å². The fourth-order valence-electron chi connectivity index (χ4n) is 4.04. The van der Waals surface area contributed by atoms with E-state index in [1.165, 1.54) is 23.3 Å². The molecule has 0 bridgehead atoms. The molecule has 0 aromatic carbocycles. The summed E-state index contributed by atoms with van der Waals surface area (Å²) in [5.74, 6) is 1.37. The Labute approximate surface area is 152 Å². The molecule has 0 spiro atoms. The van der Waals surface area contributed by atoms with Crippen LogP contribution in [0.25, 0.3) is 10.2 Å². The van der Waals surface area contributed by atoms with Gasteiger partial charge < -0.3 is 9.64 Å². The normalized spacial score (nSPS) is 23.5. The van der Waals surface area contributed by atoms with Crippen molar-refractivity contribution in [3.63, 3.8) is 0 Å². The number of hydrogen-bond acceptors (Lipinski definition) is 5. The second-order valence-corrected chi connectivity index (χ2v) is 8.51. The number of likely N-dealkylation sites (tertiary alicyclic amines) is 1. The number of hydrogen-bond donors (Lipinski definition) is 0. The van der Waals surface area contributed by atoms with Crippen molar-refractivity contribution >= 4 is 27.5 Å². The van der Waals surface area contributed by atoms with Crippen molar-refractivity contribution in [1.82, 2.24) is 14.9 Å². The lowest BCUT2D eigenvalue weighted by Crippen LogP contribution is -2.44. The minimum atomic E-state index is 0.0664. The molecular weight excluding hydrogens is 334 g/mol. The van der Waals surface area contributed by atoms with Crippen molar-refractivity contribution in [2.24, 2.45) is 5.92 Å². The van der Waals surface area contributed by atoms with Gasteiger partial charge in [-0.3, -0.25) is 4.79 Å². The van der Waals surface area contributed by atoms with E-state index < -0.39 is 0 Å². The maximum absolute atomic E-state index is 12.5. The third kappa shape index (κ3) is 3.24. The lowest BCUT2D eigenvalue weighted by Gasteiger charge is -2.33. The number of rotatable bonds is 3. The van der Waals surface area contributed by atoms with E-state index in [4.69, 9.17) is 4.74 Å². The number of piperidine rings is 1. The molecule has 134 valence electrons. The Bertz CT molecular complexity index is 788. The summed E-state index contributed by atoms with van der Waals surface area (Å²) in [7, 11) is 0. The zero-order valence-electron chi connectivity index (χ0n) is 15.0. The van der Waals surface area contributed by atoms with Crippen molar-refractivity contribution in [2.75, 3.05) is 13.2 Å². The first kappa shape index (κ1) is 16.8. The first-order chi connectivity index (χ1) is 12.1. The molecule has 2 unspecified atom stereocenters. The summed E-state index contributed by atoms with van der Waals surface area (Å²) in [6.45, 7) is 5.33. The summed E-state index contributed by atoms with van der Waals surface area (Å²) < 4.78 is 5.90. The maximum atomic E-state index is 12.5. The van der Waals surface area contributed by atoms with Crippen LogP contribution >= 0.6 is 11.3 Å². The molecule has 1 aliphatic carbocycles. The van der Waals surface area contributed by atoms with E-state index in [2.05, 4.69) is 23.8 Å². The number of aryl methyl sites for hydroxylation is 1. The van der Waals surface area contributed by atoms with E-state index >= 15 is 0 Å². The molecule has 2 aliphatic rings. The minimum absolute atomic E-state index is 0.0664. The second kappa shape index (κ2) is 6.90. The number of amides is 1. The van der Waals surface area contributed by atoms with Crippen LogP contribution in [0.1, 0.15) is 50.0 Å². The lowest BCUT2D eigenvalue weighted by atomic mass is 9.89. The third-order valence-corrected chi connectivity index (χ3v) is 6.67. The fraction of sp³-hybridized carbons (Fsp3) is 0.632. The Hall–Kier alpha value is -1.69. The van der Waals surface area contributed by atoms with Gasteiger partial charge >= 0.3 is 0 Å². The maximum Gasteiger partial charge on any atom is 0.260 e. The van der Waals surface area contributed by atoms with Gasteiger partial charge in [0.1, 0.15) is 11.2 Å². The van der Waals surface area contributed by atoms with Crippen molar-refractivity contribution in [3.8, 4) is 5.88 Å². The Balaban J connectivity index is 1.54. The third-order valence-electron chi connectivity index (χ3n) is 5.51. The van der Waals surface area contributed by atoms with Crippen LogP contribution in [0.2, 0.25) is 0 Å². The van der Waals surface area contributed by atoms with Gasteiger partial charge in [0.25, 0.3) is 5.91 Å². The van der Waals surface area contributed by atoms with Crippen LogP contribution in [0.3, 0.4) is 0 Å². The van der Waals surface area contributed by atoms with Gasteiger partial charge in [0.05, 0.1) is 5.39 Å². The molecule has 1 saturated heterocycles. The summed E-state index contributed by atoms with van der Waals surface area (Å²) >= 11 is 1.75. The summed E-state index contributed by atoms with van der Waals surface area (Å²) in [6.07, 6.45) is 8.29. The molecule has 1 amide bonds. The SMILES string of the molecule is CC1CCc2c(sc3ncnc(OCC(=O)N4CCCCC4C)c23)C1. The first-order valence-electron chi connectivity index (χ1n) is 9.31. The highest BCUT2D eigenvalue weighted by Crippen LogP contribution is 2.40. The van der Waals surface area contributed by atoms with Gasteiger partial charge in [-0.25, -0.2) is 9.97 Å². The molecular formula is C19H25N3O2S. The van der Waals surface area contributed by atoms with Gasteiger partial charge in [-0.2, -0.15) is 0 Å². The van der Waals surface area contributed by atoms with Gasteiger partial charge in [-0.15, -0.1) is 11.3 Å². The molecule has 1 fully saturated rings. The summed E-state index contributed by atoms with van der Waals surface area (Å²) in [6, 6.07) is 0.311. The average Bonchev–Trinajstić information content (AvgIpc) is 2.98. The van der Waals surface area contributed by atoms with Crippen LogP contribution in [0, 0.1) is 5.92 Å². The minimum Gasteiger partial charge on any atom is -0.467 e. The van der Waals surface area contributed by atoms with E-state index in [1.807, 2.05) is 4.90 Å². The van der Waals surface area contributed by atoms with E-state index in [9.17, 15) is 4.79 Å². The highest BCUT2D eigenvalue weighted by Gasteiger charge is 2.26. The van der Waals surface area contributed by atoms with Crippen LogP contribution in [0.15, 0.2) is 6.33 Å². The topological polar surface area (TPSA) is 55.3 Å². The van der Waals surface area contributed by atoms with Crippen LogP contribution in [0.4, 0.5) is 0 Å². The van der Waals surface area contributed by atoms with Crippen molar-refractivity contribution in [3.05, 3.63) is 16.8 Å². The van der Waals surface area contributed by atoms with E-state index in [1.54, 1.807) is 17.7 Å². The number of thiophene rings is 1. The predicted molar refractivity (Wildman–Crippen MR) is 99.1 cm³/mol. The van der Waals surface area contributed by atoms with Gasteiger partial charge in [0.2, 0.25) is 5.88 Å². The molecule has 0 radical (unpaired) electrons. The molecule has 0 saturated carbocycles. The summed E-state index contributed by atoms with van der Waals surface area (Å²) in [4.78, 5) is 25.7. The van der Waals surface area contributed by atoms with Gasteiger partial charge in [-0.1, -0.05) is 6.92 Å². The number of aromatic nitrogens is 2. The predicted octanol–water partition coefficient (Wildman–Crippen LogP) is 3.60. The Morgan fingerprint density at radius 3 is 3.04 bits per heavy atom. The summed E-state index contributed by atoms with van der Waals surface area (Å²) in [5, 5.41) is 1.04. The molecule has 1 aliphatic heterocycles. The highest BCUT2D eigenvalue weighted by atomic mass is 32.1. The quantitative estimate of drug-likeness (QED) is 0.840. The van der Waals surface area contributed by atoms with Crippen molar-refractivity contribution < 1.29 is 9.53 Å². The summed E-state index contributed by atoms with van der Waals surface area (Å²) in [5.41, 5.74) is 1.34. The zero-order chi connectivity index (χ0) is 17.4. The Morgan fingerprint density at radius 2 is 2.20 bits per heavy atom. The number of carbonyl (C=O) groups excluding carboxylic acids is 1. The van der Waals surface area contributed by atoms with Crippen LogP contribution in [-0.4, -0.2) is 40.0 Å². The van der Waals surface area contributed by atoms with Crippen molar-refractivity contribution in [1.29, 1.82) is 0 Å². The number of carbonyl (C=O) groups is 1. The van der Waals surface area contributed by atoms with Crippen LogP contribution in [0.5, 0.6) is 5.88 Å². The van der Waals surface area contributed by atoms with Crippen LogP contribution in [-0.2, 0) is 17.6 Å². The highest BCUT2D eigenvalue weighted by molar-refractivity contribution is 7.18. The number of nitrogens with zero attached hydrogens (tertiary/aromatic N) is 3. The molecule has 2 atom stereocenters. The van der Waals surface area contributed by atoms with E-state index in [0.29, 0.717) is 11.9 Å². The number of ether oxygens (including phenoxy) is 1. The lowest BCUT2D eigenvalue weighted by molar-refractivity contribution is -0.136. The molecule has 2 aromatic heterocycles. The Morgan fingerprint density at radius 1 is 1.32 bits per heavy atom. The van der Waals surface area contributed by atoms with Crippen molar-refractivity contribution in [2.45, 2.75) is 58.4 Å². The average molecular weight is 359 g/mol. The van der Waals surface area contributed by atoms with E-state index in [0.717, 1.165) is 48.4 Å². The fourth-order valence-corrected chi connectivity index (χ4v) is 5.38. The zero-order valence-corrected chi connectivity index (χ0v) is 15.8. The molecule has 4 rings (SSSR count). The largest absolute Gasteiger partial charge is 0.467 e. The molecule has 0 N–H and O–H groups in total. The first-order valence-corrected chi connectivity index (χ1v) is 10.1. The molecule has 25 heavy (non-hydrogen) atoms. The standard InChI is InChI=1S/C19H25N3O2S/c1-12-6-7-14-15(9-12)25-19-17(14)18(20-11-21-19)24-10-16(23)22-8-4-3-5-13(22)2/h11-13H,3-10H2,1-2H3. The monoisotopic (exact) mass is 359 g/mol. The second-order valence-electron chi connectivity index (χ2n) is 7.43. The van der Waals surface area contributed by atoms with Gasteiger partial charge in [0.15, 0.2) is 6.61 Å². The molecule has 2 aromatic rings. The smallest absolute Gasteiger partial charge is 0.260 e. The van der Waals surface area contributed by atoms with E-state index in [-0.39, 0.29) is 12.5 Å². The Kier molecular flexibility index (Phi) is 4.63.